The number of halogens is 1. The molecule has 6 heteroatoms. The third-order valence-electron chi connectivity index (χ3n) is 2.02. The van der Waals surface area contributed by atoms with Crippen molar-refractivity contribution in [2.45, 2.75) is 6.92 Å². The Labute approximate surface area is 112 Å². The van der Waals surface area contributed by atoms with Crippen molar-refractivity contribution in [2.75, 3.05) is 5.32 Å². The van der Waals surface area contributed by atoms with Crippen LogP contribution in [0.15, 0.2) is 41.3 Å². The van der Waals surface area contributed by atoms with Crippen LogP contribution in [0, 0.1) is 0 Å². The van der Waals surface area contributed by atoms with Crippen LogP contribution in [0.2, 0.25) is 0 Å². The molecule has 1 amide bonds. The fourth-order valence-electron chi connectivity index (χ4n) is 1.33. The Hall–Kier alpha value is -1.95. The third-order valence-corrected chi connectivity index (χ3v) is 2.45. The number of para-hydroxylation sites is 2. The van der Waals surface area contributed by atoms with Crippen LogP contribution in [0.4, 0.5) is 5.69 Å². The van der Waals surface area contributed by atoms with E-state index in [1.165, 1.54) is 13.3 Å². The molecule has 0 saturated carbocycles. The van der Waals surface area contributed by atoms with Crippen LogP contribution in [0.3, 0.4) is 0 Å². The van der Waals surface area contributed by atoms with Crippen molar-refractivity contribution in [2.24, 2.45) is 0 Å². The van der Waals surface area contributed by atoms with E-state index in [0.29, 0.717) is 21.9 Å². The maximum Gasteiger partial charge on any atom is 0.223 e. The van der Waals surface area contributed by atoms with Gasteiger partial charge in [-0.3, -0.25) is 4.79 Å². The number of anilines is 1. The van der Waals surface area contributed by atoms with Gasteiger partial charge in [0, 0.05) is 13.0 Å². The fraction of sp³-hybridized carbons (Fsp3) is 0.0833. The molecule has 0 bridgehead atoms. The fourth-order valence-corrected chi connectivity index (χ4v) is 1.62. The summed E-state index contributed by atoms with van der Waals surface area (Å²) in [6.45, 7) is 1.44. The normalized spacial score (nSPS) is 9.89. The molecule has 0 atom stereocenters. The van der Waals surface area contributed by atoms with Gasteiger partial charge in [-0.1, -0.05) is 12.1 Å². The lowest BCUT2D eigenvalue weighted by Crippen LogP contribution is -2.06. The number of hydrogen-bond acceptors (Lipinski definition) is 4. The number of benzene rings is 1. The van der Waals surface area contributed by atoms with Gasteiger partial charge in [0.15, 0.2) is 5.75 Å². The molecule has 92 valence electrons. The van der Waals surface area contributed by atoms with Crippen molar-refractivity contribution in [3.05, 3.63) is 41.3 Å². The summed E-state index contributed by atoms with van der Waals surface area (Å²) < 4.78 is 6.22. The first-order valence-corrected chi connectivity index (χ1v) is 5.96. The molecule has 1 heterocycles. The Bertz CT molecular complexity index is 575. The first-order valence-electron chi connectivity index (χ1n) is 5.17. The van der Waals surface area contributed by atoms with E-state index in [0.717, 1.165) is 0 Å². The predicted molar refractivity (Wildman–Crippen MR) is 70.6 cm³/mol. The molecule has 0 aliphatic carbocycles. The van der Waals surface area contributed by atoms with Crippen molar-refractivity contribution in [1.29, 1.82) is 0 Å². The lowest BCUT2D eigenvalue weighted by Gasteiger charge is -2.10. The Kier molecular flexibility index (Phi) is 3.88. The van der Waals surface area contributed by atoms with Gasteiger partial charge in [0.05, 0.1) is 5.69 Å². The van der Waals surface area contributed by atoms with Gasteiger partial charge in [-0.05, 0) is 28.1 Å². The molecule has 1 aromatic carbocycles. The number of nitrogens with one attached hydrogen (secondary N) is 1. The number of hydrogen-bond donors (Lipinski definition) is 1. The SMILES string of the molecule is CC(=O)Nc1ccccc1Oc1cc(Br)ncn1. The molecule has 0 fully saturated rings. The highest BCUT2D eigenvalue weighted by molar-refractivity contribution is 9.10. The zero-order valence-corrected chi connectivity index (χ0v) is 11.1. The zero-order chi connectivity index (χ0) is 13.0. The molecule has 0 aliphatic heterocycles. The highest BCUT2D eigenvalue weighted by Gasteiger charge is 2.06. The van der Waals surface area contributed by atoms with Crippen molar-refractivity contribution >= 4 is 27.5 Å². The quantitative estimate of drug-likeness (QED) is 0.885. The summed E-state index contributed by atoms with van der Waals surface area (Å²) in [6, 6.07) is 8.78. The summed E-state index contributed by atoms with van der Waals surface area (Å²) in [5.41, 5.74) is 0.597. The number of carbonyl (C=O) groups is 1. The second kappa shape index (κ2) is 5.59. The first kappa shape index (κ1) is 12.5. The molecule has 2 rings (SSSR count). The van der Waals surface area contributed by atoms with Gasteiger partial charge >= 0.3 is 0 Å². The summed E-state index contributed by atoms with van der Waals surface area (Å²) in [5, 5.41) is 2.69. The molecule has 2 aromatic rings. The minimum atomic E-state index is -0.157. The molecule has 0 spiro atoms. The van der Waals surface area contributed by atoms with Crippen LogP contribution in [-0.2, 0) is 4.79 Å². The summed E-state index contributed by atoms with van der Waals surface area (Å²) in [6.07, 6.45) is 1.39. The van der Waals surface area contributed by atoms with Crippen molar-refractivity contribution in [3.8, 4) is 11.6 Å². The maximum atomic E-state index is 11.1. The Morgan fingerprint density at radius 1 is 1.33 bits per heavy atom. The van der Waals surface area contributed by atoms with Crippen LogP contribution >= 0.6 is 15.9 Å². The van der Waals surface area contributed by atoms with E-state index in [-0.39, 0.29) is 5.91 Å². The Morgan fingerprint density at radius 2 is 2.11 bits per heavy atom. The molecule has 0 unspecified atom stereocenters. The Balaban J connectivity index is 2.26. The van der Waals surface area contributed by atoms with Crippen LogP contribution in [0.25, 0.3) is 0 Å². The average molecular weight is 308 g/mol. The highest BCUT2D eigenvalue weighted by atomic mass is 79.9. The first-order chi connectivity index (χ1) is 8.65. The van der Waals surface area contributed by atoms with E-state index >= 15 is 0 Å². The third kappa shape index (κ3) is 3.27. The zero-order valence-electron chi connectivity index (χ0n) is 9.55. The van der Waals surface area contributed by atoms with Gasteiger partial charge in [-0.15, -0.1) is 0 Å². The highest BCUT2D eigenvalue weighted by Crippen LogP contribution is 2.28. The number of carbonyl (C=O) groups excluding carboxylic acids is 1. The second-order valence-corrected chi connectivity index (χ2v) is 4.27. The van der Waals surface area contributed by atoms with Crippen LogP contribution < -0.4 is 10.1 Å². The number of rotatable bonds is 3. The average Bonchev–Trinajstić information content (AvgIpc) is 2.31. The van der Waals surface area contributed by atoms with E-state index < -0.39 is 0 Å². The molecule has 18 heavy (non-hydrogen) atoms. The van der Waals surface area contributed by atoms with Gasteiger partial charge in [-0.2, -0.15) is 0 Å². The van der Waals surface area contributed by atoms with E-state index in [4.69, 9.17) is 4.74 Å². The molecule has 0 radical (unpaired) electrons. The predicted octanol–water partition coefficient (Wildman–Crippen LogP) is 2.99. The lowest BCUT2D eigenvalue weighted by atomic mass is 10.3. The van der Waals surface area contributed by atoms with Crippen LogP contribution in [0.5, 0.6) is 11.6 Å². The number of amides is 1. The van der Waals surface area contributed by atoms with E-state index in [9.17, 15) is 4.79 Å². The molecule has 0 saturated heterocycles. The maximum absolute atomic E-state index is 11.1. The number of nitrogens with zero attached hydrogens (tertiary/aromatic N) is 2. The summed E-state index contributed by atoms with van der Waals surface area (Å²) in [5.74, 6) is 0.767. The summed E-state index contributed by atoms with van der Waals surface area (Å²) >= 11 is 3.23. The minimum Gasteiger partial charge on any atom is -0.437 e. The van der Waals surface area contributed by atoms with Gasteiger partial charge in [0.25, 0.3) is 0 Å². The van der Waals surface area contributed by atoms with Crippen LogP contribution in [0.1, 0.15) is 6.92 Å². The van der Waals surface area contributed by atoms with Gasteiger partial charge < -0.3 is 10.1 Å². The van der Waals surface area contributed by atoms with Crippen LogP contribution in [-0.4, -0.2) is 15.9 Å². The van der Waals surface area contributed by atoms with E-state index in [1.807, 2.05) is 12.1 Å². The van der Waals surface area contributed by atoms with Gasteiger partial charge in [0.1, 0.15) is 10.9 Å². The molecule has 0 aliphatic rings. The van der Waals surface area contributed by atoms with Gasteiger partial charge in [-0.25, -0.2) is 9.97 Å². The standard InChI is InChI=1S/C12H10BrN3O2/c1-8(17)16-9-4-2-3-5-10(9)18-12-6-11(13)14-7-15-12/h2-7H,1H3,(H,16,17). The number of ether oxygens (including phenoxy) is 1. The van der Waals surface area contributed by atoms with E-state index in [1.54, 1.807) is 18.2 Å². The minimum absolute atomic E-state index is 0.157. The molecular formula is C12H10BrN3O2. The van der Waals surface area contributed by atoms with Crippen molar-refractivity contribution < 1.29 is 9.53 Å². The van der Waals surface area contributed by atoms with Gasteiger partial charge in [0.2, 0.25) is 11.8 Å². The number of aromatic nitrogens is 2. The van der Waals surface area contributed by atoms with E-state index in [2.05, 4.69) is 31.2 Å². The van der Waals surface area contributed by atoms with Crippen molar-refractivity contribution in [1.82, 2.24) is 9.97 Å². The molecular weight excluding hydrogens is 298 g/mol. The second-order valence-electron chi connectivity index (χ2n) is 3.46. The summed E-state index contributed by atoms with van der Waals surface area (Å²) in [4.78, 5) is 19.0. The summed E-state index contributed by atoms with van der Waals surface area (Å²) in [7, 11) is 0. The monoisotopic (exact) mass is 307 g/mol. The molecule has 1 N–H and O–H groups in total. The smallest absolute Gasteiger partial charge is 0.223 e. The van der Waals surface area contributed by atoms with Crippen molar-refractivity contribution in [3.63, 3.8) is 0 Å². The Morgan fingerprint density at radius 3 is 2.83 bits per heavy atom. The largest absolute Gasteiger partial charge is 0.437 e. The molecule has 1 aromatic heterocycles. The topological polar surface area (TPSA) is 64.1 Å². The lowest BCUT2D eigenvalue weighted by molar-refractivity contribution is -0.114. The molecule has 5 nitrogen and oxygen atoms in total.